The Morgan fingerprint density at radius 1 is 1.45 bits per heavy atom. The number of carbonyl (C=O) groups excluding carboxylic acids is 1. The molecule has 0 saturated carbocycles. The number of amides is 1. The number of carbonyl (C=O) groups is 1. The number of nitrogens with zero attached hydrogens (tertiary/aromatic N) is 3. The average molecular weight is 276 g/mol. The van der Waals surface area contributed by atoms with Crippen molar-refractivity contribution in [1.29, 1.82) is 0 Å². The van der Waals surface area contributed by atoms with Crippen molar-refractivity contribution < 1.29 is 4.79 Å². The second-order valence-electron chi connectivity index (χ2n) is 4.71. The van der Waals surface area contributed by atoms with Gasteiger partial charge < -0.3 is 11.1 Å². The van der Waals surface area contributed by atoms with E-state index in [-0.39, 0.29) is 5.91 Å². The molecule has 108 valence electrons. The molecular formula is C13H20N6O. The van der Waals surface area contributed by atoms with E-state index in [4.69, 9.17) is 5.73 Å². The van der Waals surface area contributed by atoms with E-state index in [0.29, 0.717) is 18.7 Å². The standard InChI is InChI=1S/C13H20N6O/c1-9-11(7-16-18-9)6-15-13(20)12-8-17-19(10(12)2)5-3-4-14/h7-8H,3-6,14H2,1-2H3,(H,15,20)(H,16,18). The van der Waals surface area contributed by atoms with Crippen molar-refractivity contribution in [2.75, 3.05) is 6.54 Å². The van der Waals surface area contributed by atoms with E-state index in [9.17, 15) is 4.79 Å². The van der Waals surface area contributed by atoms with Crippen LogP contribution in [0.3, 0.4) is 0 Å². The molecule has 2 rings (SSSR count). The van der Waals surface area contributed by atoms with Crippen molar-refractivity contribution in [3.05, 3.63) is 34.9 Å². The van der Waals surface area contributed by atoms with Crippen LogP contribution in [-0.2, 0) is 13.1 Å². The van der Waals surface area contributed by atoms with Crippen LogP contribution >= 0.6 is 0 Å². The van der Waals surface area contributed by atoms with Crippen LogP contribution in [0.25, 0.3) is 0 Å². The Bertz CT molecular complexity index is 585. The van der Waals surface area contributed by atoms with Gasteiger partial charge in [0.1, 0.15) is 0 Å². The number of nitrogens with one attached hydrogen (secondary N) is 2. The molecule has 20 heavy (non-hydrogen) atoms. The van der Waals surface area contributed by atoms with Crippen molar-refractivity contribution in [2.45, 2.75) is 33.4 Å². The van der Waals surface area contributed by atoms with E-state index in [1.54, 1.807) is 12.4 Å². The zero-order chi connectivity index (χ0) is 14.5. The van der Waals surface area contributed by atoms with Crippen LogP contribution in [0.15, 0.2) is 12.4 Å². The topological polar surface area (TPSA) is 102 Å². The second kappa shape index (κ2) is 6.33. The maximum absolute atomic E-state index is 12.1. The third-order valence-electron chi connectivity index (χ3n) is 3.30. The second-order valence-corrected chi connectivity index (χ2v) is 4.71. The summed E-state index contributed by atoms with van der Waals surface area (Å²) in [6.45, 7) is 5.61. The zero-order valence-corrected chi connectivity index (χ0v) is 11.8. The first-order valence-corrected chi connectivity index (χ1v) is 6.63. The lowest BCUT2D eigenvalue weighted by Crippen LogP contribution is -2.23. The Morgan fingerprint density at radius 3 is 2.90 bits per heavy atom. The molecule has 0 bridgehead atoms. The molecule has 0 radical (unpaired) electrons. The molecule has 0 aliphatic carbocycles. The molecule has 0 aliphatic rings. The molecule has 7 heteroatoms. The van der Waals surface area contributed by atoms with Gasteiger partial charge in [0.15, 0.2) is 0 Å². The van der Waals surface area contributed by atoms with Crippen molar-refractivity contribution in [1.82, 2.24) is 25.3 Å². The summed E-state index contributed by atoms with van der Waals surface area (Å²) in [5.74, 6) is -0.123. The minimum absolute atomic E-state index is 0.123. The zero-order valence-electron chi connectivity index (χ0n) is 11.8. The van der Waals surface area contributed by atoms with Crippen LogP contribution in [0, 0.1) is 13.8 Å². The fourth-order valence-corrected chi connectivity index (χ4v) is 1.96. The van der Waals surface area contributed by atoms with Crippen LogP contribution in [0.5, 0.6) is 0 Å². The van der Waals surface area contributed by atoms with Crippen molar-refractivity contribution in [3.8, 4) is 0 Å². The molecule has 2 aromatic rings. The van der Waals surface area contributed by atoms with Crippen LogP contribution in [0.2, 0.25) is 0 Å². The van der Waals surface area contributed by atoms with Gasteiger partial charge in [-0.05, 0) is 26.8 Å². The summed E-state index contributed by atoms with van der Waals surface area (Å²) in [6.07, 6.45) is 4.16. The molecule has 1 amide bonds. The molecule has 0 spiro atoms. The third-order valence-corrected chi connectivity index (χ3v) is 3.30. The lowest BCUT2D eigenvalue weighted by atomic mass is 10.2. The molecule has 0 unspecified atom stereocenters. The highest BCUT2D eigenvalue weighted by Crippen LogP contribution is 2.09. The van der Waals surface area contributed by atoms with Gasteiger partial charge in [-0.2, -0.15) is 10.2 Å². The van der Waals surface area contributed by atoms with Gasteiger partial charge in [0.2, 0.25) is 0 Å². The monoisotopic (exact) mass is 276 g/mol. The number of rotatable bonds is 6. The minimum atomic E-state index is -0.123. The maximum atomic E-state index is 12.1. The summed E-state index contributed by atoms with van der Waals surface area (Å²) < 4.78 is 1.81. The van der Waals surface area contributed by atoms with Gasteiger partial charge in [-0.15, -0.1) is 0 Å². The van der Waals surface area contributed by atoms with Crippen molar-refractivity contribution in [2.24, 2.45) is 5.73 Å². The minimum Gasteiger partial charge on any atom is -0.348 e. The van der Waals surface area contributed by atoms with Crippen molar-refractivity contribution >= 4 is 5.91 Å². The summed E-state index contributed by atoms with van der Waals surface area (Å²) in [5, 5.41) is 13.9. The molecule has 2 heterocycles. The number of hydrogen-bond acceptors (Lipinski definition) is 4. The fourth-order valence-electron chi connectivity index (χ4n) is 1.96. The number of aromatic amines is 1. The summed E-state index contributed by atoms with van der Waals surface area (Å²) in [7, 11) is 0. The van der Waals surface area contributed by atoms with Crippen molar-refractivity contribution in [3.63, 3.8) is 0 Å². The summed E-state index contributed by atoms with van der Waals surface area (Å²) in [5.41, 5.74) is 8.88. The lowest BCUT2D eigenvalue weighted by Gasteiger charge is -2.06. The molecule has 2 aromatic heterocycles. The normalized spacial score (nSPS) is 10.8. The quantitative estimate of drug-likeness (QED) is 0.715. The Balaban J connectivity index is 1.99. The first-order chi connectivity index (χ1) is 9.63. The number of H-pyrrole nitrogens is 1. The molecule has 0 aromatic carbocycles. The molecule has 0 saturated heterocycles. The van der Waals surface area contributed by atoms with Crippen LogP contribution < -0.4 is 11.1 Å². The summed E-state index contributed by atoms with van der Waals surface area (Å²) >= 11 is 0. The fraction of sp³-hybridized carbons (Fsp3) is 0.462. The van der Waals surface area contributed by atoms with Gasteiger partial charge in [-0.1, -0.05) is 0 Å². The van der Waals surface area contributed by atoms with Gasteiger partial charge in [-0.25, -0.2) is 0 Å². The van der Waals surface area contributed by atoms with Gasteiger partial charge in [-0.3, -0.25) is 14.6 Å². The lowest BCUT2D eigenvalue weighted by molar-refractivity contribution is 0.0950. The molecule has 4 N–H and O–H groups in total. The summed E-state index contributed by atoms with van der Waals surface area (Å²) in [6, 6.07) is 0. The third kappa shape index (κ3) is 3.05. The number of hydrogen-bond donors (Lipinski definition) is 3. The highest BCUT2D eigenvalue weighted by molar-refractivity contribution is 5.94. The number of aryl methyl sites for hydroxylation is 2. The van der Waals surface area contributed by atoms with E-state index >= 15 is 0 Å². The predicted molar refractivity (Wildman–Crippen MR) is 75.1 cm³/mol. The van der Waals surface area contributed by atoms with E-state index in [0.717, 1.165) is 29.9 Å². The van der Waals surface area contributed by atoms with Gasteiger partial charge in [0.25, 0.3) is 5.91 Å². The Hall–Kier alpha value is -2.15. The highest BCUT2D eigenvalue weighted by Gasteiger charge is 2.14. The highest BCUT2D eigenvalue weighted by atomic mass is 16.1. The average Bonchev–Trinajstić information content (AvgIpc) is 3.00. The van der Waals surface area contributed by atoms with Gasteiger partial charge in [0, 0.05) is 30.0 Å². The molecule has 0 atom stereocenters. The van der Waals surface area contributed by atoms with E-state index in [2.05, 4.69) is 20.6 Å². The van der Waals surface area contributed by atoms with Gasteiger partial charge >= 0.3 is 0 Å². The van der Waals surface area contributed by atoms with Crippen LogP contribution in [-0.4, -0.2) is 32.4 Å². The molecular weight excluding hydrogens is 256 g/mol. The molecule has 7 nitrogen and oxygen atoms in total. The van der Waals surface area contributed by atoms with Crippen LogP contribution in [0.1, 0.15) is 33.7 Å². The SMILES string of the molecule is Cc1[nH]ncc1CNC(=O)c1cnn(CCCN)c1C. The van der Waals surface area contributed by atoms with Crippen LogP contribution in [0.4, 0.5) is 0 Å². The first-order valence-electron chi connectivity index (χ1n) is 6.63. The van der Waals surface area contributed by atoms with E-state index in [1.165, 1.54) is 0 Å². The van der Waals surface area contributed by atoms with Gasteiger partial charge in [0.05, 0.1) is 18.0 Å². The maximum Gasteiger partial charge on any atom is 0.255 e. The Labute approximate surface area is 117 Å². The molecule has 0 fully saturated rings. The smallest absolute Gasteiger partial charge is 0.255 e. The van der Waals surface area contributed by atoms with E-state index in [1.807, 2.05) is 18.5 Å². The van der Waals surface area contributed by atoms with E-state index < -0.39 is 0 Å². The molecule has 0 aliphatic heterocycles. The Morgan fingerprint density at radius 2 is 2.25 bits per heavy atom. The Kier molecular flexibility index (Phi) is 4.52. The number of nitrogens with two attached hydrogens (primary N) is 1. The number of aromatic nitrogens is 4. The predicted octanol–water partition coefficient (Wildman–Crippen LogP) is 0.502. The largest absolute Gasteiger partial charge is 0.348 e. The summed E-state index contributed by atoms with van der Waals surface area (Å²) in [4.78, 5) is 12.1. The first kappa shape index (κ1) is 14.3.